The smallest absolute Gasteiger partial charge is 0.324 e. The highest BCUT2D eigenvalue weighted by atomic mass is 28.2. The Balaban J connectivity index is 2.90. The zero-order chi connectivity index (χ0) is 8.27. The maximum Gasteiger partial charge on any atom is 0.324 e. The van der Waals surface area contributed by atoms with Gasteiger partial charge in [0.2, 0.25) is 10.5 Å². The number of aromatic hydroxyl groups is 1. The Morgan fingerprint density at radius 1 is 1.36 bits per heavy atom. The van der Waals surface area contributed by atoms with Crippen LogP contribution in [0.5, 0.6) is 5.75 Å². The number of hydrogen-bond acceptors (Lipinski definition) is 3. The quantitative estimate of drug-likeness (QED) is 0.592. The molecule has 1 aromatic rings. The van der Waals surface area contributed by atoms with Crippen molar-refractivity contribution >= 4 is 16.5 Å². The predicted molar refractivity (Wildman–Crippen MR) is 43.5 cm³/mol. The minimum Gasteiger partial charge on any atom is -0.525 e. The van der Waals surface area contributed by atoms with Gasteiger partial charge in [-0.3, -0.25) is 0 Å². The molecule has 4 heteroatoms. The number of benzene rings is 1. The molecule has 0 aliphatic rings. The van der Waals surface area contributed by atoms with E-state index < -0.39 is 0 Å². The van der Waals surface area contributed by atoms with E-state index in [1.807, 2.05) is 0 Å². The van der Waals surface area contributed by atoms with Gasteiger partial charge in [-0.15, -0.1) is 0 Å². The van der Waals surface area contributed by atoms with Crippen LogP contribution >= 0.6 is 0 Å². The molecule has 0 atom stereocenters. The third-order valence-electron chi connectivity index (χ3n) is 1.29. The van der Waals surface area contributed by atoms with Crippen LogP contribution in [0.3, 0.4) is 0 Å². The Hall–Kier alpha value is -1.29. The standard InChI is InChI=1S/C7H8O3Si/c8-6-3-1-5(2-4-6)7(9)10-11/h1-4,8H,11H3. The van der Waals surface area contributed by atoms with Crippen LogP contribution in [0, 0.1) is 0 Å². The van der Waals surface area contributed by atoms with E-state index in [1.54, 1.807) is 0 Å². The fourth-order valence-electron chi connectivity index (χ4n) is 0.715. The predicted octanol–water partition coefficient (Wildman–Crippen LogP) is -0.171. The lowest BCUT2D eigenvalue weighted by Gasteiger charge is -1.98. The van der Waals surface area contributed by atoms with Crippen LogP contribution < -0.4 is 0 Å². The number of phenols is 1. The summed E-state index contributed by atoms with van der Waals surface area (Å²) in [7, 11) is 0.394. The lowest BCUT2D eigenvalue weighted by molar-refractivity contribution is 0.0749. The van der Waals surface area contributed by atoms with Gasteiger partial charge in [-0.25, -0.2) is 4.79 Å². The minimum atomic E-state index is -0.336. The number of carbonyl (C=O) groups excluding carboxylic acids is 1. The molecule has 11 heavy (non-hydrogen) atoms. The second-order valence-corrected chi connectivity index (χ2v) is 2.45. The molecule has 0 aliphatic carbocycles. The molecule has 0 radical (unpaired) electrons. The van der Waals surface area contributed by atoms with Crippen LogP contribution in [0.1, 0.15) is 10.4 Å². The Bertz CT molecular complexity index is 255. The monoisotopic (exact) mass is 168 g/mol. The molecule has 0 aromatic heterocycles. The van der Waals surface area contributed by atoms with E-state index in [2.05, 4.69) is 4.43 Å². The van der Waals surface area contributed by atoms with E-state index in [1.165, 1.54) is 24.3 Å². The fraction of sp³-hybridized carbons (Fsp3) is 0. The van der Waals surface area contributed by atoms with Crippen LogP contribution in [0.4, 0.5) is 0 Å². The summed E-state index contributed by atoms with van der Waals surface area (Å²) < 4.78 is 4.59. The average molecular weight is 168 g/mol. The molecular formula is C7H8O3Si. The molecule has 0 spiro atoms. The average Bonchev–Trinajstić information content (AvgIpc) is 2.05. The van der Waals surface area contributed by atoms with Crippen molar-refractivity contribution < 1.29 is 14.3 Å². The molecule has 1 aromatic carbocycles. The largest absolute Gasteiger partial charge is 0.525 e. The fourth-order valence-corrected chi connectivity index (χ4v) is 0.951. The van der Waals surface area contributed by atoms with Crippen LogP contribution in [-0.4, -0.2) is 21.6 Å². The third-order valence-corrected chi connectivity index (χ3v) is 1.66. The topological polar surface area (TPSA) is 46.5 Å². The second-order valence-electron chi connectivity index (χ2n) is 2.04. The zero-order valence-electron chi connectivity index (χ0n) is 6.07. The lowest BCUT2D eigenvalue weighted by atomic mass is 10.2. The van der Waals surface area contributed by atoms with Crippen molar-refractivity contribution in [2.45, 2.75) is 0 Å². The van der Waals surface area contributed by atoms with Gasteiger partial charge in [-0.05, 0) is 24.3 Å². The minimum absolute atomic E-state index is 0.148. The Labute approximate surface area is 67.2 Å². The molecule has 1 rings (SSSR count). The van der Waals surface area contributed by atoms with Gasteiger partial charge < -0.3 is 9.53 Å². The first-order valence-electron chi connectivity index (χ1n) is 3.11. The van der Waals surface area contributed by atoms with Gasteiger partial charge in [0.1, 0.15) is 5.75 Å². The van der Waals surface area contributed by atoms with Gasteiger partial charge in [0.15, 0.2) is 0 Å². The van der Waals surface area contributed by atoms with Gasteiger partial charge in [-0.1, -0.05) is 0 Å². The first-order valence-corrected chi connectivity index (χ1v) is 3.93. The summed E-state index contributed by atoms with van der Waals surface area (Å²) in [5.74, 6) is -0.188. The number of hydrogen-bond donors (Lipinski definition) is 1. The molecular weight excluding hydrogens is 160 g/mol. The molecule has 0 bridgehead atoms. The van der Waals surface area contributed by atoms with Crippen molar-refractivity contribution in [2.75, 3.05) is 0 Å². The molecule has 1 N–H and O–H groups in total. The van der Waals surface area contributed by atoms with E-state index in [4.69, 9.17) is 5.11 Å². The first-order chi connectivity index (χ1) is 5.24. The molecule has 0 amide bonds. The Morgan fingerprint density at radius 3 is 2.36 bits per heavy atom. The second kappa shape index (κ2) is 3.20. The normalized spacial score (nSPS) is 9.45. The van der Waals surface area contributed by atoms with E-state index in [-0.39, 0.29) is 11.7 Å². The molecule has 0 heterocycles. The van der Waals surface area contributed by atoms with Gasteiger partial charge >= 0.3 is 5.97 Å². The lowest BCUT2D eigenvalue weighted by Crippen LogP contribution is -2.00. The van der Waals surface area contributed by atoms with Crippen molar-refractivity contribution in [1.29, 1.82) is 0 Å². The van der Waals surface area contributed by atoms with Crippen molar-refractivity contribution in [1.82, 2.24) is 0 Å². The summed E-state index contributed by atoms with van der Waals surface area (Å²) >= 11 is 0. The van der Waals surface area contributed by atoms with E-state index in [0.29, 0.717) is 16.0 Å². The van der Waals surface area contributed by atoms with Crippen molar-refractivity contribution in [3.8, 4) is 5.75 Å². The number of rotatable bonds is 1. The first kappa shape index (κ1) is 7.81. The summed E-state index contributed by atoms with van der Waals surface area (Å²) in [6.07, 6.45) is 0. The van der Waals surface area contributed by atoms with Gasteiger partial charge in [-0.2, -0.15) is 0 Å². The molecule has 0 saturated heterocycles. The molecule has 0 unspecified atom stereocenters. The van der Waals surface area contributed by atoms with Crippen molar-refractivity contribution in [3.63, 3.8) is 0 Å². The zero-order valence-corrected chi connectivity index (χ0v) is 8.07. The van der Waals surface area contributed by atoms with E-state index in [0.717, 1.165) is 0 Å². The van der Waals surface area contributed by atoms with Crippen molar-refractivity contribution in [3.05, 3.63) is 29.8 Å². The molecule has 58 valence electrons. The summed E-state index contributed by atoms with van der Waals surface area (Å²) in [5, 5.41) is 8.87. The molecule has 3 nitrogen and oxygen atoms in total. The van der Waals surface area contributed by atoms with Crippen LogP contribution in [0.25, 0.3) is 0 Å². The number of carbonyl (C=O) groups is 1. The van der Waals surface area contributed by atoms with Crippen molar-refractivity contribution in [2.24, 2.45) is 0 Å². The van der Waals surface area contributed by atoms with E-state index >= 15 is 0 Å². The number of phenolic OH excluding ortho intramolecular Hbond substituents is 1. The van der Waals surface area contributed by atoms with Crippen LogP contribution in [0.2, 0.25) is 0 Å². The molecule has 0 aliphatic heterocycles. The molecule has 0 saturated carbocycles. The van der Waals surface area contributed by atoms with Gasteiger partial charge in [0.05, 0.1) is 5.56 Å². The van der Waals surface area contributed by atoms with Gasteiger partial charge in [0.25, 0.3) is 0 Å². The summed E-state index contributed by atoms with van der Waals surface area (Å²) in [6.45, 7) is 0. The van der Waals surface area contributed by atoms with Gasteiger partial charge in [0, 0.05) is 0 Å². The third kappa shape index (κ3) is 1.81. The maximum atomic E-state index is 10.9. The van der Waals surface area contributed by atoms with Crippen LogP contribution in [0.15, 0.2) is 24.3 Å². The van der Waals surface area contributed by atoms with Crippen LogP contribution in [-0.2, 0) is 4.43 Å². The highest BCUT2D eigenvalue weighted by Gasteiger charge is 2.02. The molecule has 0 fully saturated rings. The Kier molecular flexibility index (Phi) is 2.27. The summed E-state index contributed by atoms with van der Waals surface area (Å²) in [6, 6.07) is 5.95. The summed E-state index contributed by atoms with van der Waals surface area (Å²) in [5.41, 5.74) is 0.470. The maximum absolute atomic E-state index is 10.9. The SMILES string of the molecule is O=C(O[SiH3])c1ccc(O)cc1. The van der Waals surface area contributed by atoms with E-state index in [9.17, 15) is 4.79 Å². The highest BCUT2D eigenvalue weighted by Crippen LogP contribution is 2.09. The Morgan fingerprint density at radius 2 is 1.91 bits per heavy atom. The highest BCUT2D eigenvalue weighted by molar-refractivity contribution is 6.09. The summed E-state index contributed by atoms with van der Waals surface area (Å²) in [4.78, 5) is 10.9.